The first-order chi connectivity index (χ1) is 9.13. The predicted molar refractivity (Wildman–Crippen MR) is 63.3 cm³/mol. The van der Waals surface area contributed by atoms with Crippen LogP contribution in [0.15, 0.2) is 11.3 Å². The summed E-state index contributed by atoms with van der Waals surface area (Å²) in [5.74, 6) is 0.551. The summed E-state index contributed by atoms with van der Waals surface area (Å²) in [7, 11) is 0. The van der Waals surface area contributed by atoms with E-state index in [1.54, 1.807) is 0 Å². The Morgan fingerprint density at radius 1 is 1.42 bits per heavy atom. The summed E-state index contributed by atoms with van der Waals surface area (Å²) in [4.78, 5) is 12.5. The molecule has 9 heteroatoms. The summed E-state index contributed by atoms with van der Waals surface area (Å²) in [6.45, 7) is -0.386. The minimum Gasteiger partial charge on any atom is -0.394 e. The molecule has 104 valence electrons. The number of nitrogens with two attached hydrogens (primary N) is 1. The van der Waals surface area contributed by atoms with E-state index in [1.807, 2.05) is 0 Å². The molecule has 0 radical (unpaired) electrons. The van der Waals surface area contributed by atoms with Crippen LogP contribution < -0.4 is 5.73 Å². The summed E-state index contributed by atoms with van der Waals surface area (Å²) in [6, 6.07) is 0. The Bertz CT molecular complexity index is 492. The lowest BCUT2D eigenvalue weighted by Gasteiger charge is -2.34. The molecule has 1 saturated heterocycles. The first-order valence-corrected chi connectivity index (χ1v) is 5.86. The Labute approximate surface area is 108 Å². The van der Waals surface area contributed by atoms with E-state index in [4.69, 9.17) is 15.6 Å². The summed E-state index contributed by atoms with van der Waals surface area (Å²) in [6.07, 6.45) is -1.83. The van der Waals surface area contributed by atoms with E-state index >= 15 is 0 Å². The fourth-order valence-corrected chi connectivity index (χ4v) is 2.31. The second kappa shape index (κ2) is 4.54. The van der Waals surface area contributed by atoms with Crippen LogP contribution in [0.5, 0.6) is 0 Å². The van der Waals surface area contributed by atoms with E-state index in [2.05, 4.69) is 15.0 Å². The van der Waals surface area contributed by atoms with Crippen molar-refractivity contribution in [1.29, 1.82) is 0 Å². The highest BCUT2D eigenvalue weighted by Crippen LogP contribution is 2.32. The van der Waals surface area contributed by atoms with Gasteiger partial charge >= 0.3 is 0 Å². The number of hydrogen-bond donors (Lipinski definition) is 5. The molecule has 0 bridgehead atoms. The van der Waals surface area contributed by atoms with Crippen molar-refractivity contribution in [2.24, 2.45) is 10.7 Å². The zero-order chi connectivity index (χ0) is 13.6. The second-order valence-corrected chi connectivity index (χ2v) is 4.50. The molecule has 5 atom stereocenters. The van der Waals surface area contributed by atoms with Gasteiger partial charge in [0.15, 0.2) is 12.0 Å². The third kappa shape index (κ3) is 1.83. The lowest BCUT2D eigenvalue weighted by Crippen LogP contribution is -2.48. The minimum absolute atomic E-state index is 0.386. The van der Waals surface area contributed by atoms with Gasteiger partial charge in [-0.25, -0.2) is 9.98 Å². The number of fused-ring (bicyclic) bond motifs is 1. The monoisotopic (exact) mass is 269 g/mol. The Morgan fingerprint density at radius 3 is 2.89 bits per heavy atom. The number of aliphatic hydroxyl groups excluding tert-OH is 3. The van der Waals surface area contributed by atoms with E-state index in [0.29, 0.717) is 11.5 Å². The predicted octanol–water partition coefficient (Wildman–Crippen LogP) is -2.22. The Morgan fingerprint density at radius 2 is 2.21 bits per heavy atom. The molecular formula is C10H15N5O4. The van der Waals surface area contributed by atoms with Crippen LogP contribution in [0.2, 0.25) is 0 Å². The van der Waals surface area contributed by atoms with Gasteiger partial charge in [-0.3, -0.25) is 0 Å². The van der Waals surface area contributed by atoms with Crippen molar-refractivity contribution in [3.8, 4) is 0 Å². The molecule has 19 heavy (non-hydrogen) atoms. The number of aliphatic imine (C=N–C) groups is 1. The number of aromatic nitrogens is 2. The van der Waals surface area contributed by atoms with Crippen molar-refractivity contribution >= 4 is 12.2 Å². The topological polar surface area (TPSA) is 140 Å². The van der Waals surface area contributed by atoms with Gasteiger partial charge in [0.1, 0.15) is 30.2 Å². The zero-order valence-corrected chi connectivity index (χ0v) is 9.92. The molecule has 9 nitrogen and oxygen atoms in total. The molecule has 0 aromatic carbocycles. The van der Waals surface area contributed by atoms with E-state index in [1.165, 1.54) is 17.6 Å². The van der Waals surface area contributed by atoms with Crippen molar-refractivity contribution in [3.05, 3.63) is 12.0 Å². The summed E-state index contributed by atoms with van der Waals surface area (Å²) >= 11 is 0. The minimum atomic E-state index is -1.19. The average molecular weight is 269 g/mol. The zero-order valence-electron chi connectivity index (χ0n) is 9.92. The average Bonchev–Trinajstić information content (AvgIpc) is 2.98. The van der Waals surface area contributed by atoms with Crippen LogP contribution in [0.3, 0.4) is 0 Å². The van der Waals surface area contributed by atoms with Gasteiger partial charge in [-0.05, 0) is 0 Å². The van der Waals surface area contributed by atoms with Crippen molar-refractivity contribution < 1.29 is 20.1 Å². The third-order valence-corrected chi connectivity index (χ3v) is 3.38. The maximum atomic E-state index is 9.95. The van der Waals surface area contributed by atoms with Gasteiger partial charge in [0, 0.05) is 0 Å². The van der Waals surface area contributed by atoms with Crippen LogP contribution >= 0.6 is 0 Å². The molecule has 0 amide bonds. The Hall–Kier alpha value is -1.52. The smallest absolute Gasteiger partial charge is 0.161 e. The molecule has 2 aliphatic heterocycles. The fraction of sp³-hybridized carbons (Fsp3) is 0.600. The normalized spacial score (nSPS) is 37.7. The van der Waals surface area contributed by atoms with Gasteiger partial charge in [0.25, 0.3) is 0 Å². The molecule has 1 aromatic rings. The maximum absolute atomic E-state index is 9.95. The number of H-pyrrole nitrogens is 1. The molecule has 2 aliphatic rings. The molecule has 1 unspecified atom stereocenters. The van der Waals surface area contributed by atoms with Crippen LogP contribution in [0.4, 0.5) is 5.82 Å². The molecule has 0 saturated carbocycles. The van der Waals surface area contributed by atoms with Gasteiger partial charge in [-0.1, -0.05) is 0 Å². The van der Waals surface area contributed by atoms with Gasteiger partial charge < -0.3 is 35.7 Å². The highest BCUT2D eigenvalue weighted by Gasteiger charge is 2.47. The Kier molecular flexibility index (Phi) is 2.99. The van der Waals surface area contributed by atoms with Gasteiger partial charge in [-0.2, -0.15) is 0 Å². The van der Waals surface area contributed by atoms with Crippen LogP contribution in [-0.4, -0.2) is 67.7 Å². The highest BCUT2D eigenvalue weighted by molar-refractivity contribution is 5.65. The molecule has 3 heterocycles. The molecule has 1 aromatic heterocycles. The van der Waals surface area contributed by atoms with Crippen LogP contribution in [0.1, 0.15) is 11.9 Å². The number of ether oxygens (including phenoxy) is 1. The summed E-state index contributed by atoms with van der Waals surface area (Å²) < 4.78 is 5.40. The van der Waals surface area contributed by atoms with Crippen LogP contribution in [0.25, 0.3) is 0 Å². The van der Waals surface area contributed by atoms with Crippen LogP contribution in [-0.2, 0) is 4.74 Å². The first-order valence-electron chi connectivity index (χ1n) is 5.86. The first kappa shape index (κ1) is 12.5. The SMILES string of the molecule is NC1c2nc[nH]c2N=CN1[C@@H]1O[C@H](CO)[C@@H](O)[C@H]1O. The Balaban J connectivity index is 1.84. The van der Waals surface area contributed by atoms with Crippen molar-refractivity contribution in [3.63, 3.8) is 0 Å². The number of rotatable bonds is 2. The summed E-state index contributed by atoms with van der Waals surface area (Å²) in [5.41, 5.74) is 6.55. The van der Waals surface area contributed by atoms with E-state index in [9.17, 15) is 10.2 Å². The summed E-state index contributed by atoms with van der Waals surface area (Å²) in [5, 5.41) is 28.7. The standard InChI is InChI=1S/C10H15N5O4/c11-8-5-9(13-2-12-5)14-3-15(8)10-7(18)6(17)4(1-16)19-10/h2-4,6-8,10,16-18H,1,11H2,(H,12,13)/t4-,6-,7-,8?,10-/m1/s1. The fourth-order valence-electron chi connectivity index (χ4n) is 2.31. The third-order valence-electron chi connectivity index (χ3n) is 3.38. The van der Waals surface area contributed by atoms with E-state index in [0.717, 1.165) is 0 Å². The number of nitrogens with one attached hydrogen (secondary N) is 1. The number of nitrogens with zero attached hydrogens (tertiary/aromatic N) is 3. The maximum Gasteiger partial charge on any atom is 0.161 e. The van der Waals surface area contributed by atoms with Gasteiger partial charge in [-0.15, -0.1) is 0 Å². The lowest BCUT2D eigenvalue weighted by atomic mass is 10.1. The van der Waals surface area contributed by atoms with E-state index < -0.39 is 30.7 Å². The van der Waals surface area contributed by atoms with Crippen molar-refractivity contribution in [2.45, 2.75) is 30.7 Å². The van der Waals surface area contributed by atoms with Crippen LogP contribution in [0, 0.1) is 0 Å². The molecule has 0 spiro atoms. The molecule has 0 aliphatic carbocycles. The van der Waals surface area contributed by atoms with Gasteiger partial charge in [0.05, 0.1) is 19.3 Å². The second-order valence-electron chi connectivity index (χ2n) is 4.50. The molecule has 6 N–H and O–H groups in total. The number of imidazole rings is 1. The molecular weight excluding hydrogens is 254 g/mol. The molecule has 1 fully saturated rings. The van der Waals surface area contributed by atoms with E-state index in [-0.39, 0.29) is 6.61 Å². The lowest BCUT2D eigenvalue weighted by molar-refractivity contribution is -0.0823. The van der Waals surface area contributed by atoms with Crippen molar-refractivity contribution in [2.75, 3.05) is 6.61 Å². The highest BCUT2D eigenvalue weighted by atomic mass is 16.6. The quantitative estimate of drug-likeness (QED) is 0.409. The number of aromatic amines is 1. The van der Waals surface area contributed by atoms with Gasteiger partial charge in [0.2, 0.25) is 0 Å². The number of hydrogen-bond acceptors (Lipinski definition) is 8. The van der Waals surface area contributed by atoms with Crippen molar-refractivity contribution in [1.82, 2.24) is 14.9 Å². The largest absolute Gasteiger partial charge is 0.394 e. The number of aliphatic hydroxyl groups is 3. The molecule has 3 rings (SSSR count).